The lowest BCUT2D eigenvalue weighted by Gasteiger charge is -2.47. The summed E-state index contributed by atoms with van der Waals surface area (Å²) in [5.74, 6) is 2.06. The van der Waals surface area contributed by atoms with E-state index in [1.54, 1.807) is 0 Å². The third-order valence-corrected chi connectivity index (χ3v) is 7.18. The van der Waals surface area contributed by atoms with Gasteiger partial charge in [0.25, 0.3) is 0 Å². The van der Waals surface area contributed by atoms with Crippen LogP contribution in [0.5, 0.6) is 11.5 Å². The molecular weight excluding hydrogens is 372 g/mol. The van der Waals surface area contributed by atoms with Crippen LogP contribution in [0.1, 0.15) is 110 Å². The molecule has 30 heavy (non-hydrogen) atoms. The number of esters is 1. The number of rotatable bonds is 7. The standard InChI is InChI=1S/C27H40O3/c1-8-9-10-11-14-26(4,5)20-16-23(29-19(3)28)25-21-15-18(2)12-13-22(21)27(6,7)30-24(25)17-20/h12,16-17,21-22H,8-11,13-15H2,1-7H3/t21-,22-/m1/s1. The third-order valence-electron chi connectivity index (χ3n) is 7.18. The van der Waals surface area contributed by atoms with Crippen LogP contribution in [0.3, 0.4) is 0 Å². The molecule has 166 valence electrons. The lowest BCUT2D eigenvalue weighted by molar-refractivity contribution is -0.132. The van der Waals surface area contributed by atoms with Gasteiger partial charge in [0.05, 0.1) is 0 Å². The topological polar surface area (TPSA) is 35.5 Å². The molecule has 1 aliphatic heterocycles. The van der Waals surface area contributed by atoms with Crippen LogP contribution >= 0.6 is 0 Å². The summed E-state index contributed by atoms with van der Waals surface area (Å²) in [5.41, 5.74) is 3.46. The van der Waals surface area contributed by atoms with Gasteiger partial charge >= 0.3 is 5.97 Å². The number of hydrogen-bond donors (Lipinski definition) is 0. The van der Waals surface area contributed by atoms with E-state index in [-0.39, 0.29) is 17.0 Å². The summed E-state index contributed by atoms with van der Waals surface area (Å²) in [6.07, 6.45) is 10.5. The van der Waals surface area contributed by atoms with Crippen LogP contribution in [-0.4, -0.2) is 11.6 Å². The maximum Gasteiger partial charge on any atom is 0.308 e. The Morgan fingerprint density at radius 2 is 1.97 bits per heavy atom. The van der Waals surface area contributed by atoms with Gasteiger partial charge in [0.1, 0.15) is 17.1 Å². The summed E-state index contributed by atoms with van der Waals surface area (Å²) in [7, 11) is 0. The fourth-order valence-electron chi connectivity index (χ4n) is 5.31. The Bertz CT molecular complexity index is 816. The first kappa shape index (κ1) is 22.9. The van der Waals surface area contributed by atoms with E-state index in [9.17, 15) is 4.79 Å². The van der Waals surface area contributed by atoms with Crippen molar-refractivity contribution in [2.24, 2.45) is 5.92 Å². The van der Waals surface area contributed by atoms with Gasteiger partial charge in [-0.1, -0.05) is 58.1 Å². The van der Waals surface area contributed by atoms with Crippen molar-refractivity contribution in [3.05, 3.63) is 34.9 Å². The summed E-state index contributed by atoms with van der Waals surface area (Å²) in [5, 5.41) is 0. The number of hydrogen-bond acceptors (Lipinski definition) is 3. The fraction of sp³-hybridized carbons (Fsp3) is 0.667. The highest BCUT2D eigenvalue weighted by Crippen LogP contribution is 2.55. The Balaban J connectivity index is 2.04. The molecule has 1 aliphatic carbocycles. The predicted molar refractivity (Wildman–Crippen MR) is 123 cm³/mol. The maximum absolute atomic E-state index is 12.0. The van der Waals surface area contributed by atoms with Crippen molar-refractivity contribution in [1.82, 2.24) is 0 Å². The molecule has 0 fully saturated rings. The molecule has 0 aromatic heterocycles. The molecule has 2 atom stereocenters. The number of ether oxygens (including phenoxy) is 2. The third kappa shape index (κ3) is 4.76. The van der Waals surface area contributed by atoms with E-state index in [0.29, 0.717) is 17.6 Å². The Hall–Kier alpha value is -1.77. The van der Waals surface area contributed by atoms with Crippen molar-refractivity contribution in [2.45, 2.75) is 110 Å². The zero-order valence-electron chi connectivity index (χ0n) is 20.1. The van der Waals surface area contributed by atoms with Crippen molar-refractivity contribution in [2.75, 3.05) is 0 Å². The second-order valence-electron chi connectivity index (χ2n) is 10.6. The lowest BCUT2D eigenvalue weighted by Crippen LogP contribution is -2.45. The molecule has 0 saturated heterocycles. The van der Waals surface area contributed by atoms with Crippen LogP contribution in [0.15, 0.2) is 23.8 Å². The molecule has 0 spiro atoms. The quantitative estimate of drug-likeness (QED) is 0.202. The number of fused-ring (bicyclic) bond motifs is 3. The van der Waals surface area contributed by atoms with Crippen molar-refractivity contribution >= 4 is 5.97 Å². The Morgan fingerprint density at radius 1 is 1.23 bits per heavy atom. The van der Waals surface area contributed by atoms with Gasteiger partial charge in [-0.2, -0.15) is 0 Å². The van der Waals surface area contributed by atoms with Gasteiger partial charge in [0, 0.05) is 24.3 Å². The largest absolute Gasteiger partial charge is 0.487 e. The molecule has 0 bridgehead atoms. The van der Waals surface area contributed by atoms with Crippen molar-refractivity contribution < 1.29 is 14.3 Å². The summed E-state index contributed by atoms with van der Waals surface area (Å²) in [4.78, 5) is 12.0. The highest BCUT2D eigenvalue weighted by atomic mass is 16.5. The monoisotopic (exact) mass is 412 g/mol. The average molecular weight is 413 g/mol. The van der Waals surface area contributed by atoms with E-state index >= 15 is 0 Å². The second-order valence-corrected chi connectivity index (χ2v) is 10.6. The highest BCUT2D eigenvalue weighted by Gasteiger charge is 2.46. The van der Waals surface area contributed by atoms with E-state index in [2.05, 4.69) is 59.8 Å². The zero-order chi connectivity index (χ0) is 22.1. The van der Waals surface area contributed by atoms with E-state index in [4.69, 9.17) is 9.47 Å². The Labute approximate surface area is 183 Å². The fourth-order valence-corrected chi connectivity index (χ4v) is 5.31. The summed E-state index contributed by atoms with van der Waals surface area (Å²) in [6.45, 7) is 14.9. The highest BCUT2D eigenvalue weighted by molar-refractivity contribution is 5.71. The number of carbonyl (C=O) groups is 1. The number of allylic oxidation sites excluding steroid dienone is 2. The number of unbranched alkanes of at least 4 members (excludes halogenated alkanes) is 3. The van der Waals surface area contributed by atoms with Crippen LogP contribution in [-0.2, 0) is 10.2 Å². The predicted octanol–water partition coefficient (Wildman–Crippen LogP) is 7.47. The van der Waals surface area contributed by atoms with Gasteiger partial charge in [0.2, 0.25) is 0 Å². The molecule has 1 aromatic carbocycles. The van der Waals surface area contributed by atoms with Crippen molar-refractivity contribution in [1.29, 1.82) is 0 Å². The van der Waals surface area contributed by atoms with Gasteiger partial charge in [-0.3, -0.25) is 4.79 Å². The first-order valence-electron chi connectivity index (χ1n) is 11.8. The minimum absolute atomic E-state index is 0.00437. The Morgan fingerprint density at radius 3 is 2.63 bits per heavy atom. The maximum atomic E-state index is 12.0. The first-order valence-corrected chi connectivity index (χ1v) is 11.8. The molecule has 0 saturated carbocycles. The van der Waals surface area contributed by atoms with E-state index in [1.165, 1.54) is 43.7 Å². The Kier molecular flexibility index (Phi) is 6.69. The zero-order valence-corrected chi connectivity index (χ0v) is 20.1. The van der Waals surface area contributed by atoms with Crippen LogP contribution in [0.25, 0.3) is 0 Å². The molecule has 0 unspecified atom stereocenters. The van der Waals surface area contributed by atoms with Gasteiger partial charge in [-0.15, -0.1) is 0 Å². The average Bonchev–Trinajstić information content (AvgIpc) is 2.63. The molecule has 3 heteroatoms. The molecule has 1 heterocycles. The number of carbonyl (C=O) groups excluding carboxylic acids is 1. The molecule has 1 aromatic rings. The summed E-state index contributed by atoms with van der Waals surface area (Å²) in [6, 6.07) is 4.35. The van der Waals surface area contributed by atoms with Crippen LogP contribution in [0.4, 0.5) is 0 Å². The lowest BCUT2D eigenvalue weighted by atomic mass is 9.66. The molecule has 3 rings (SSSR count). The van der Waals surface area contributed by atoms with Gasteiger partial charge in [0.15, 0.2) is 0 Å². The summed E-state index contributed by atoms with van der Waals surface area (Å²) >= 11 is 0. The van der Waals surface area contributed by atoms with Crippen molar-refractivity contribution in [3.63, 3.8) is 0 Å². The minimum Gasteiger partial charge on any atom is -0.487 e. The van der Waals surface area contributed by atoms with Gasteiger partial charge in [-0.25, -0.2) is 0 Å². The van der Waals surface area contributed by atoms with Crippen LogP contribution in [0, 0.1) is 5.92 Å². The minimum atomic E-state index is -0.264. The van der Waals surface area contributed by atoms with Gasteiger partial charge in [-0.05, 0) is 63.1 Å². The smallest absolute Gasteiger partial charge is 0.308 e. The number of benzene rings is 1. The van der Waals surface area contributed by atoms with E-state index < -0.39 is 0 Å². The van der Waals surface area contributed by atoms with Crippen LogP contribution < -0.4 is 9.47 Å². The molecular formula is C27H40O3. The first-order chi connectivity index (χ1) is 14.0. The van der Waals surface area contributed by atoms with E-state index in [0.717, 1.165) is 30.6 Å². The van der Waals surface area contributed by atoms with E-state index in [1.807, 2.05) is 0 Å². The molecule has 2 aliphatic rings. The molecule has 0 amide bonds. The van der Waals surface area contributed by atoms with Crippen molar-refractivity contribution in [3.8, 4) is 11.5 Å². The molecule has 0 radical (unpaired) electrons. The normalized spacial score (nSPS) is 22.4. The summed E-state index contributed by atoms with van der Waals surface area (Å²) < 4.78 is 12.4. The van der Waals surface area contributed by atoms with Gasteiger partial charge < -0.3 is 9.47 Å². The molecule has 3 nitrogen and oxygen atoms in total. The van der Waals surface area contributed by atoms with Crippen LogP contribution in [0.2, 0.25) is 0 Å². The SMILES string of the molecule is CCCCCCC(C)(C)c1cc(OC(C)=O)c2c(c1)OC(C)(C)[C@@H]1CC=C(C)C[C@@H]21. The molecule has 0 N–H and O–H groups in total. The second kappa shape index (κ2) is 8.77.